The second kappa shape index (κ2) is 8.70. The van der Waals surface area contributed by atoms with Crippen molar-refractivity contribution in [3.63, 3.8) is 0 Å². The van der Waals surface area contributed by atoms with Crippen LogP contribution in [0.15, 0.2) is 24.3 Å². The quantitative estimate of drug-likeness (QED) is 0.708. The van der Waals surface area contributed by atoms with Crippen molar-refractivity contribution >= 4 is 5.91 Å². The van der Waals surface area contributed by atoms with Crippen molar-refractivity contribution < 1.29 is 9.90 Å². The number of carbonyl (C=O) groups excluding carboxylic acids is 1. The molecule has 0 fully saturated rings. The highest BCUT2D eigenvalue weighted by Gasteiger charge is 2.10. The summed E-state index contributed by atoms with van der Waals surface area (Å²) in [6.45, 7) is 4.12. The molecule has 3 nitrogen and oxygen atoms in total. The number of benzene rings is 1. The van der Waals surface area contributed by atoms with Crippen LogP contribution in [0.3, 0.4) is 0 Å². The molecule has 0 bridgehead atoms. The summed E-state index contributed by atoms with van der Waals surface area (Å²) in [5.74, 6) is -0.110. The summed E-state index contributed by atoms with van der Waals surface area (Å²) < 4.78 is 0. The number of aliphatic hydroxyl groups is 1. The predicted molar refractivity (Wildman–Crippen MR) is 78.3 cm³/mol. The third-order valence-electron chi connectivity index (χ3n) is 3.33. The maximum Gasteiger partial charge on any atom is 0.251 e. The normalized spacial score (nSPS) is 12.2. The van der Waals surface area contributed by atoms with Crippen molar-refractivity contribution in [2.24, 2.45) is 0 Å². The molecule has 0 saturated heterocycles. The number of aliphatic hydroxyl groups excluding tert-OH is 1. The molecule has 2 N–H and O–H groups in total. The molecule has 0 radical (unpaired) electrons. The monoisotopic (exact) mass is 263 g/mol. The lowest BCUT2D eigenvalue weighted by atomic mass is 10.0. The number of carbonyl (C=O) groups is 1. The van der Waals surface area contributed by atoms with E-state index in [0.717, 1.165) is 12.8 Å². The molecule has 1 aromatic rings. The van der Waals surface area contributed by atoms with Gasteiger partial charge in [-0.1, -0.05) is 38.8 Å². The zero-order chi connectivity index (χ0) is 14.1. The minimum Gasteiger partial charge on any atom is -0.394 e. The molecule has 1 aromatic carbocycles. The van der Waals surface area contributed by atoms with Gasteiger partial charge in [0.1, 0.15) is 0 Å². The van der Waals surface area contributed by atoms with Gasteiger partial charge in [-0.2, -0.15) is 0 Å². The molecular formula is C16H25NO2. The summed E-state index contributed by atoms with van der Waals surface area (Å²) >= 11 is 0. The maximum atomic E-state index is 11.9. The highest BCUT2D eigenvalue weighted by molar-refractivity contribution is 5.94. The van der Waals surface area contributed by atoms with Gasteiger partial charge in [-0.15, -0.1) is 0 Å². The lowest BCUT2D eigenvalue weighted by molar-refractivity contribution is 0.0915. The number of hydrogen-bond acceptors (Lipinski definition) is 2. The van der Waals surface area contributed by atoms with Gasteiger partial charge >= 0.3 is 0 Å². The fourth-order valence-electron chi connectivity index (χ4n) is 1.95. The summed E-state index contributed by atoms with van der Waals surface area (Å²) in [6, 6.07) is 7.60. The van der Waals surface area contributed by atoms with Gasteiger partial charge in [0.2, 0.25) is 0 Å². The third-order valence-corrected chi connectivity index (χ3v) is 3.33. The molecule has 0 aromatic heterocycles. The van der Waals surface area contributed by atoms with Gasteiger partial charge in [0, 0.05) is 5.56 Å². The van der Waals surface area contributed by atoms with Gasteiger partial charge in [0.05, 0.1) is 12.6 Å². The molecule has 0 saturated carbocycles. The minimum absolute atomic E-state index is 0.0165. The first-order valence-corrected chi connectivity index (χ1v) is 7.21. The third kappa shape index (κ3) is 5.43. The van der Waals surface area contributed by atoms with Crippen LogP contribution in [0, 0.1) is 0 Å². The van der Waals surface area contributed by atoms with Crippen LogP contribution in [0.5, 0.6) is 0 Å². The van der Waals surface area contributed by atoms with Crippen molar-refractivity contribution in [1.29, 1.82) is 0 Å². The summed E-state index contributed by atoms with van der Waals surface area (Å²) in [7, 11) is 0. The molecule has 1 amide bonds. The number of amides is 1. The van der Waals surface area contributed by atoms with E-state index in [2.05, 4.69) is 12.2 Å². The zero-order valence-electron chi connectivity index (χ0n) is 12.0. The van der Waals surface area contributed by atoms with E-state index in [1.165, 1.54) is 24.8 Å². The van der Waals surface area contributed by atoms with Crippen LogP contribution >= 0.6 is 0 Å². The highest BCUT2D eigenvalue weighted by Crippen LogP contribution is 2.09. The average Bonchev–Trinajstić information content (AvgIpc) is 2.45. The van der Waals surface area contributed by atoms with Gasteiger partial charge in [-0.25, -0.2) is 0 Å². The Labute approximate surface area is 116 Å². The van der Waals surface area contributed by atoms with E-state index < -0.39 is 0 Å². The Kier molecular flexibility index (Phi) is 7.19. The van der Waals surface area contributed by atoms with Crippen LogP contribution in [0.1, 0.15) is 55.5 Å². The highest BCUT2D eigenvalue weighted by atomic mass is 16.3. The van der Waals surface area contributed by atoms with Gasteiger partial charge in [0.15, 0.2) is 0 Å². The SMILES string of the molecule is CCCCCc1ccc(C(=O)NC(CC)CO)cc1. The first-order chi connectivity index (χ1) is 9.21. The Bertz CT molecular complexity index is 369. The van der Waals surface area contributed by atoms with Gasteiger partial charge in [0.25, 0.3) is 5.91 Å². The molecule has 0 aliphatic rings. The topological polar surface area (TPSA) is 49.3 Å². The lowest BCUT2D eigenvalue weighted by Gasteiger charge is -2.14. The number of rotatable bonds is 8. The largest absolute Gasteiger partial charge is 0.394 e. The second-order valence-corrected chi connectivity index (χ2v) is 4.92. The predicted octanol–water partition coefficient (Wildman–Crippen LogP) is 2.92. The Morgan fingerprint density at radius 1 is 1.21 bits per heavy atom. The van der Waals surface area contributed by atoms with Gasteiger partial charge in [-0.05, 0) is 37.0 Å². The molecule has 0 heterocycles. The molecule has 1 unspecified atom stereocenters. The van der Waals surface area contributed by atoms with Crippen molar-refractivity contribution in [1.82, 2.24) is 5.32 Å². The van der Waals surface area contributed by atoms with Crippen LogP contribution in [0.4, 0.5) is 0 Å². The van der Waals surface area contributed by atoms with Crippen LogP contribution in [0.25, 0.3) is 0 Å². The Balaban J connectivity index is 2.52. The molecule has 1 rings (SSSR count). The smallest absolute Gasteiger partial charge is 0.251 e. The molecular weight excluding hydrogens is 238 g/mol. The van der Waals surface area contributed by atoms with E-state index >= 15 is 0 Å². The lowest BCUT2D eigenvalue weighted by Crippen LogP contribution is -2.36. The fourth-order valence-corrected chi connectivity index (χ4v) is 1.95. The van der Waals surface area contributed by atoms with Crippen LogP contribution in [-0.4, -0.2) is 23.7 Å². The standard InChI is InChI=1S/C16H25NO2/c1-3-5-6-7-13-8-10-14(11-9-13)16(19)17-15(4-2)12-18/h8-11,15,18H,3-7,12H2,1-2H3,(H,17,19). The Morgan fingerprint density at radius 2 is 1.89 bits per heavy atom. The van der Waals surface area contributed by atoms with Crippen molar-refractivity contribution in [3.8, 4) is 0 Å². The summed E-state index contributed by atoms with van der Waals surface area (Å²) in [6.07, 6.45) is 5.47. The molecule has 0 aliphatic carbocycles. The Morgan fingerprint density at radius 3 is 2.42 bits per heavy atom. The van der Waals surface area contributed by atoms with E-state index in [1.54, 1.807) is 0 Å². The van der Waals surface area contributed by atoms with E-state index in [9.17, 15) is 4.79 Å². The minimum atomic E-state index is -0.156. The van der Waals surface area contributed by atoms with Crippen LogP contribution in [-0.2, 0) is 6.42 Å². The molecule has 19 heavy (non-hydrogen) atoms. The van der Waals surface area contributed by atoms with E-state index in [1.807, 2.05) is 31.2 Å². The molecule has 106 valence electrons. The molecule has 3 heteroatoms. The first-order valence-electron chi connectivity index (χ1n) is 7.21. The average molecular weight is 263 g/mol. The second-order valence-electron chi connectivity index (χ2n) is 4.92. The molecule has 0 spiro atoms. The van der Waals surface area contributed by atoms with E-state index in [0.29, 0.717) is 5.56 Å². The van der Waals surface area contributed by atoms with E-state index in [4.69, 9.17) is 5.11 Å². The van der Waals surface area contributed by atoms with Crippen LogP contribution in [0.2, 0.25) is 0 Å². The summed E-state index contributed by atoms with van der Waals surface area (Å²) in [5.41, 5.74) is 1.94. The van der Waals surface area contributed by atoms with Crippen molar-refractivity contribution in [3.05, 3.63) is 35.4 Å². The van der Waals surface area contributed by atoms with E-state index in [-0.39, 0.29) is 18.6 Å². The van der Waals surface area contributed by atoms with Crippen LogP contribution < -0.4 is 5.32 Å². The number of nitrogens with one attached hydrogen (secondary N) is 1. The summed E-state index contributed by atoms with van der Waals surface area (Å²) in [4.78, 5) is 11.9. The Hall–Kier alpha value is -1.35. The summed E-state index contributed by atoms with van der Waals surface area (Å²) in [5, 5.41) is 11.9. The maximum absolute atomic E-state index is 11.9. The number of hydrogen-bond donors (Lipinski definition) is 2. The first kappa shape index (κ1) is 15.7. The zero-order valence-corrected chi connectivity index (χ0v) is 12.0. The van der Waals surface area contributed by atoms with Gasteiger partial charge in [-0.3, -0.25) is 4.79 Å². The van der Waals surface area contributed by atoms with Gasteiger partial charge < -0.3 is 10.4 Å². The number of aryl methyl sites for hydroxylation is 1. The van der Waals surface area contributed by atoms with Crippen molar-refractivity contribution in [2.75, 3.05) is 6.61 Å². The number of unbranched alkanes of at least 4 members (excludes halogenated alkanes) is 2. The molecule has 0 aliphatic heterocycles. The van der Waals surface area contributed by atoms with Crippen molar-refractivity contribution in [2.45, 2.75) is 52.0 Å². The molecule has 1 atom stereocenters. The fraction of sp³-hybridized carbons (Fsp3) is 0.562.